The quantitative estimate of drug-likeness (QED) is 0.844. The fourth-order valence-electron chi connectivity index (χ4n) is 1.81. The number of carboxylic acids is 1. The molecule has 1 amide bonds. The molecular formula is C11H16F3NO4. The maximum absolute atomic E-state index is 11.8. The van der Waals surface area contributed by atoms with E-state index >= 15 is 0 Å². The summed E-state index contributed by atoms with van der Waals surface area (Å²) in [4.78, 5) is 23.9. The first-order chi connectivity index (χ1) is 8.64. The van der Waals surface area contributed by atoms with E-state index in [1.54, 1.807) is 6.92 Å². The molecule has 0 atom stereocenters. The summed E-state index contributed by atoms with van der Waals surface area (Å²) >= 11 is 0. The summed E-state index contributed by atoms with van der Waals surface area (Å²) in [5.74, 6) is -1.47. The van der Waals surface area contributed by atoms with Crippen LogP contribution in [-0.4, -0.2) is 54.4 Å². The van der Waals surface area contributed by atoms with Gasteiger partial charge in [0.25, 0.3) is 0 Å². The van der Waals surface area contributed by atoms with E-state index in [1.807, 2.05) is 0 Å². The lowest BCUT2D eigenvalue weighted by atomic mass is 9.80. The van der Waals surface area contributed by atoms with Gasteiger partial charge in [0.2, 0.25) is 5.91 Å². The Labute approximate surface area is 108 Å². The number of carbonyl (C=O) groups is 2. The van der Waals surface area contributed by atoms with E-state index in [1.165, 1.54) is 4.90 Å². The van der Waals surface area contributed by atoms with E-state index in [2.05, 4.69) is 4.74 Å². The van der Waals surface area contributed by atoms with Gasteiger partial charge in [-0.2, -0.15) is 13.2 Å². The van der Waals surface area contributed by atoms with Gasteiger partial charge in [0.05, 0.1) is 5.41 Å². The van der Waals surface area contributed by atoms with Crippen molar-refractivity contribution in [2.45, 2.75) is 25.9 Å². The van der Waals surface area contributed by atoms with Crippen molar-refractivity contribution in [2.24, 2.45) is 5.41 Å². The molecule has 0 aromatic carbocycles. The Bertz CT molecular complexity index is 348. The minimum absolute atomic E-state index is 0.219. The van der Waals surface area contributed by atoms with E-state index in [0.29, 0.717) is 0 Å². The lowest BCUT2D eigenvalue weighted by Crippen LogP contribution is -2.46. The highest BCUT2D eigenvalue weighted by Crippen LogP contribution is 2.31. The number of carbonyl (C=O) groups excluding carboxylic acids is 1. The molecule has 0 aromatic rings. The van der Waals surface area contributed by atoms with Crippen molar-refractivity contribution in [3.05, 3.63) is 0 Å². The zero-order valence-corrected chi connectivity index (χ0v) is 10.5. The summed E-state index contributed by atoms with van der Waals surface area (Å²) in [7, 11) is 0. The molecule has 1 fully saturated rings. The molecule has 19 heavy (non-hydrogen) atoms. The van der Waals surface area contributed by atoms with Gasteiger partial charge in [0, 0.05) is 13.1 Å². The molecule has 1 rings (SSSR count). The number of ether oxygens (including phenoxy) is 1. The van der Waals surface area contributed by atoms with Gasteiger partial charge in [-0.05, 0) is 19.8 Å². The molecule has 0 bridgehead atoms. The van der Waals surface area contributed by atoms with Gasteiger partial charge in [-0.25, -0.2) is 0 Å². The molecule has 5 nitrogen and oxygen atoms in total. The van der Waals surface area contributed by atoms with Gasteiger partial charge in [-0.1, -0.05) is 0 Å². The monoisotopic (exact) mass is 283 g/mol. The largest absolute Gasteiger partial charge is 0.481 e. The molecule has 0 unspecified atom stereocenters. The minimum Gasteiger partial charge on any atom is -0.481 e. The number of hydrogen-bond acceptors (Lipinski definition) is 3. The lowest BCUT2D eigenvalue weighted by molar-refractivity contribution is -0.178. The maximum Gasteiger partial charge on any atom is 0.411 e. The number of likely N-dealkylation sites (tertiary alicyclic amines) is 1. The lowest BCUT2D eigenvalue weighted by Gasteiger charge is -2.36. The third-order valence-electron chi connectivity index (χ3n) is 3.23. The van der Waals surface area contributed by atoms with Gasteiger partial charge in [0.15, 0.2) is 0 Å². The predicted molar refractivity (Wildman–Crippen MR) is 58.4 cm³/mol. The van der Waals surface area contributed by atoms with Crippen molar-refractivity contribution in [3.63, 3.8) is 0 Å². The van der Waals surface area contributed by atoms with Crippen LogP contribution >= 0.6 is 0 Å². The normalized spacial score (nSPS) is 19.3. The average Bonchev–Trinajstić information content (AvgIpc) is 2.27. The smallest absolute Gasteiger partial charge is 0.411 e. The second-order valence-electron chi connectivity index (χ2n) is 4.85. The van der Waals surface area contributed by atoms with Crippen molar-refractivity contribution < 1.29 is 32.6 Å². The molecule has 0 spiro atoms. The Morgan fingerprint density at radius 2 is 1.84 bits per heavy atom. The van der Waals surface area contributed by atoms with Crippen LogP contribution in [0.2, 0.25) is 0 Å². The van der Waals surface area contributed by atoms with Gasteiger partial charge in [-0.3, -0.25) is 9.59 Å². The van der Waals surface area contributed by atoms with Crippen molar-refractivity contribution in [1.82, 2.24) is 4.90 Å². The molecule has 8 heteroatoms. The number of nitrogens with zero attached hydrogens (tertiary/aromatic N) is 1. The van der Waals surface area contributed by atoms with Gasteiger partial charge in [-0.15, -0.1) is 0 Å². The second-order valence-corrected chi connectivity index (χ2v) is 4.85. The van der Waals surface area contributed by atoms with Crippen LogP contribution in [-0.2, 0) is 14.3 Å². The molecular weight excluding hydrogens is 267 g/mol. The Balaban J connectivity index is 2.35. The molecule has 1 aliphatic heterocycles. The first kappa shape index (κ1) is 15.7. The van der Waals surface area contributed by atoms with Gasteiger partial charge >= 0.3 is 12.1 Å². The van der Waals surface area contributed by atoms with Crippen molar-refractivity contribution in [1.29, 1.82) is 0 Å². The number of carboxylic acid groups (broad SMARTS) is 1. The van der Waals surface area contributed by atoms with Crippen LogP contribution < -0.4 is 0 Å². The van der Waals surface area contributed by atoms with E-state index in [4.69, 9.17) is 5.11 Å². The summed E-state index contributed by atoms with van der Waals surface area (Å²) in [5, 5.41) is 9.00. The van der Waals surface area contributed by atoms with E-state index in [0.717, 1.165) is 0 Å². The zero-order chi connectivity index (χ0) is 14.7. The molecule has 1 saturated heterocycles. The molecule has 110 valence electrons. The summed E-state index contributed by atoms with van der Waals surface area (Å²) in [6.45, 7) is -0.0615. The number of amides is 1. The van der Waals surface area contributed by atoms with Crippen LogP contribution in [0.15, 0.2) is 0 Å². The highest BCUT2D eigenvalue weighted by atomic mass is 19.4. The number of alkyl halides is 3. The molecule has 1 aliphatic rings. The Morgan fingerprint density at radius 1 is 1.32 bits per heavy atom. The molecule has 0 aliphatic carbocycles. The highest BCUT2D eigenvalue weighted by Gasteiger charge is 2.38. The number of hydrogen-bond donors (Lipinski definition) is 1. The van der Waals surface area contributed by atoms with Crippen LogP contribution in [0.5, 0.6) is 0 Å². The number of halogens is 3. The third-order valence-corrected chi connectivity index (χ3v) is 3.23. The second kappa shape index (κ2) is 5.77. The SMILES string of the molecule is CC1(C(=O)O)CCN(C(=O)COCC(F)(F)F)CC1. The molecule has 0 aromatic heterocycles. The van der Waals surface area contributed by atoms with Crippen LogP contribution in [0.4, 0.5) is 13.2 Å². The van der Waals surface area contributed by atoms with E-state index in [-0.39, 0.29) is 25.9 Å². The molecule has 0 radical (unpaired) electrons. The minimum atomic E-state index is -4.45. The van der Waals surface area contributed by atoms with Crippen LogP contribution in [0.3, 0.4) is 0 Å². The zero-order valence-electron chi connectivity index (χ0n) is 10.5. The summed E-state index contributed by atoms with van der Waals surface area (Å²) < 4.78 is 39.8. The van der Waals surface area contributed by atoms with E-state index in [9.17, 15) is 22.8 Å². The Morgan fingerprint density at radius 3 is 2.26 bits per heavy atom. The number of piperidine rings is 1. The fourth-order valence-corrected chi connectivity index (χ4v) is 1.81. The van der Waals surface area contributed by atoms with Crippen LogP contribution in [0, 0.1) is 5.41 Å². The Kier molecular flexibility index (Phi) is 4.78. The first-order valence-electron chi connectivity index (χ1n) is 5.80. The van der Waals surface area contributed by atoms with Crippen LogP contribution in [0.1, 0.15) is 19.8 Å². The molecule has 0 saturated carbocycles. The van der Waals surface area contributed by atoms with Crippen molar-refractivity contribution >= 4 is 11.9 Å². The number of aliphatic carboxylic acids is 1. The van der Waals surface area contributed by atoms with E-state index < -0.39 is 36.7 Å². The van der Waals surface area contributed by atoms with Gasteiger partial charge in [0.1, 0.15) is 13.2 Å². The third kappa shape index (κ3) is 4.70. The molecule has 1 heterocycles. The summed E-state index contributed by atoms with van der Waals surface area (Å²) in [6, 6.07) is 0. The topological polar surface area (TPSA) is 66.8 Å². The average molecular weight is 283 g/mol. The van der Waals surface area contributed by atoms with Crippen molar-refractivity contribution in [2.75, 3.05) is 26.3 Å². The predicted octanol–water partition coefficient (Wildman–Crippen LogP) is 1.28. The van der Waals surface area contributed by atoms with Crippen LogP contribution in [0.25, 0.3) is 0 Å². The molecule has 1 N–H and O–H groups in total. The number of rotatable bonds is 4. The van der Waals surface area contributed by atoms with Crippen molar-refractivity contribution in [3.8, 4) is 0 Å². The Hall–Kier alpha value is -1.31. The highest BCUT2D eigenvalue weighted by molar-refractivity contribution is 5.79. The standard InChI is InChI=1S/C11H16F3NO4/c1-10(9(17)18)2-4-15(5-3-10)8(16)6-19-7-11(12,13)14/h2-7H2,1H3,(H,17,18). The van der Waals surface area contributed by atoms with Gasteiger partial charge < -0.3 is 14.7 Å². The summed E-state index contributed by atoms with van der Waals surface area (Å²) in [6.07, 6.45) is -3.88. The summed E-state index contributed by atoms with van der Waals surface area (Å²) in [5.41, 5.74) is -0.871. The fraction of sp³-hybridized carbons (Fsp3) is 0.818. The first-order valence-corrected chi connectivity index (χ1v) is 5.80. The maximum atomic E-state index is 11.8.